The molecule has 2 N–H and O–H groups in total. The first-order valence-electron chi connectivity index (χ1n) is 14.2. The van der Waals surface area contributed by atoms with E-state index in [1.807, 2.05) is 25.2 Å². The van der Waals surface area contributed by atoms with E-state index in [0.717, 1.165) is 22.7 Å². The molecule has 3 aliphatic heterocycles. The highest BCUT2D eigenvalue weighted by atomic mass is 35.5. The number of anilines is 1. The number of hydrogen-bond donors (Lipinski definition) is 2. The molecule has 0 aliphatic carbocycles. The van der Waals surface area contributed by atoms with Gasteiger partial charge in [-0.15, -0.1) is 0 Å². The van der Waals surface area contributed by atoms with Crippen LogP contribution in [0.25, 0.3) is 0 Å². The Kier molecular flexibility index (Phi) is 8.14. The van der Waals surface area contributed by atoms with Gasteiger partial charge in [0, 0.05) is 35.8 Å². The minimum absolute atomic E-state index is 0.0342. The summed E-state index contributed by atoms with van der Waals surface area (Å²) in [6, 6.07) is 16.4. The van der Waals surface area contributed by atoms with Gasteiger partial charge >= 0.3 is 0 Å². The van der Waals surface area contributed by atoms with Crippen molar-refractivity contribution in [1.82, 2.24) is 15.5 Å². The number of sulfonamides is 1. The van der Waals surface area contributed by atoms with Gasteiger partial charge in [-0.05, 0) is 80.1 Å². The highest BCUT2D eigenvalue weighted by Gasteiger charge is 2.63. The van der Waals surface area contributed by atoms with Gasteiger partial charge in [-0.25, -0.2) is 12.7 Å². The molecule has 3 heterocycles. The van der Waals surface area contributed by atoms with Gasteiger partial charge in [0.25, 0.3) is 15.9 Å². The predicted molar refractivity (Wildman–Crippen MR) is 163 cm³/mol. The monoisotopic (exact) mass is 626 g/mol. The van der Waals surface area contributed by atoms with Crippen LogP contribution in [0.15, 0.2) is 65.6 Å². The van der Waals surface area contributed by atoms with E-state index in [1.165, 1.54) is 19.2 Å². The fourth-order valence-corrected chi connectivity index (χ4v) is 8.33. The fraction of sp³-hybridized carbons (Fsp3) is 0.387. The first kappa shape index (κ1) is 29.9. The summed E-state index contributed by atoms with van der Waals surface area (Å²) in [5.41, 5.74) is 0.609. The molecule has 228 valence electrons. The summed E-state index contributed by atoms with van der Waals surface area (Å²) >= 11 is 6.63. The molecule has 2 fully saturated rings. The average Bonchev–Trinajstić information content (AvgIpc) is 3.76. The molecule has 6 rings (SSSR count). The van der Waals surface area contributed by atoms with E-state index in [9.17, 15) is 8.42 Å². The van der Waals surface area contributed by atoms with E-state index in [4.69, 9.17) is 25.8 Å². The standard InChI is InChI=1S/C31H35ClN4O6S/c1-33-19-20-6-13-28(41-3)25(17-20)31(35-15-4-5-27(35)29-34-14-16-42-29)24-18-21(32)7-12-26(24)36(30(31)37)43(38,39)23-10-8-22(40-2)9-11-23/h6-13,17-18,27,29,33-34H,4-5,14-16,19H2,1-3H3/t27-,29?,31-/m0/s1. The lowest BCUT2D eigenvalue weighted by Crippen LogP contribution is -2.59. The number of benzene rings is 3. The first-order chi connectivity index (χ1) is 20.8. The molecule has 0 saturated carbocycles. The van der Waals surface area contributed by atoms with Crippen molar-refractivity contribution in [1.29, 1.82) is 0 Å². The van der Waals surface area contributed by atoms with Crippen molar-refractivity contribution in [3.8, 4) is 11.5 Å². The molecule has 0 radical (unpaired) electrons. The van der Waals surface area contributed by atoms with Crippen molar-refractivity contribution in [2.45, 2.75) is 42.1 Å². The number of amides is 1. The Labute approximate surface area is 256 Å². The zero-order chi connectivity index (χ0) is 30.4. The number of halogens is 1. The number of hydrogen-bond acceptors (Lipinski definition) is 9. The minimum atomic E-state index is -4.37. The maximum atomic E-state index is 15.3. The lowest BCUT2D eigenvalue weighted by molar-refractivity contribution is -0.129. The van der Waals surface area contributed by atoms with Crippen LogP contribution in [0.4, 0.5) is 5.69 Å². The summed E-state index contributed by atoms with van der Waals surface area (Å²) in [7, 11) is 0.540. The first-order valence-corrected chi connectivity index (χ1v) is 16.1. The van der Waals surface area contributed by atoms with Crippen LogP contribution in [0, 0.1) is 0 Å². The molecule has 3 aliphatic rings. The lowest BCUT2D eigenvalue weighted by atomic mass is 9.80. The largest absolute Gasteiger partial charge is 0.497 e. The molecule has 1 unspecified atom stereocenters. The summed E-state index contributed by atoms with van der Waals surface area (Å²) in [5.74, 6) is 0.349. The van der Waals surface area contributed by atoms with Crippen LogP contribution in [-0.2, 0) is 31.6 Å². The van der Waals surface area contributed by atoms with E-state index in [-0.39, 0.29) is 22.9 Å². The molecular formula is C31H35ClN4O6S. The van der Waals surface area contributed by atoms with Gasteiger partial charge in [-0.2, -0.15) is 0 Å². The van der Waals surface area contributed by atoms with Crippen LogP contribution in [0.2, 0.25) is 5.02 Å². The molecule has 2 saturated heterocycles. The number of carbonyl (C=O) groups is 1. The van der Waals surface area contributed by atoms with E-state index < -0.39 is 21.5 Å². The number of carbonyl (C=O) groups excluding carboxylic acids is 1. The van der Waals surface area contributed by atoms with E-state index >= 15 is 4.79 Å². The van der Waals surface area contributed by atoms with Gasteiger partial charge in [0.05, 0.1) is 37.5 Å². The zero-order valence-electron chi connectivity index (χ0n) is 24.3. The molecule has 12 heteroatoms. The highest BCUT2D eigenvalue weighted by molar-refractivity contribution is 7.93. The fourth-order valence-electron chi connectivity index (χ4n) is 6.70. The topological polar surface area (TPSA) is 109 Å². The van der Waals surface area contributed by atoms with Crippen molar-refractivity contribution >= 4 is 33.2 Å². The second kappa shape index (κ2) is 11.7. The second-order valence-electron chi connectivity index (χ2n) is 10.8. The van der Waals surface area contributed by atoms with Crippen molar-refractivity contribution in [2.24, 2.45) is 0 Å². The van der Waals surface area contributed by atoms with Crippen molar-refractivity contribution in [3.05, 3.63) is 82.4 Å². The third-order valence-corrected chi connectivity index (χ3v) is 10.5. The van der Waals surface area contributed by atoms with Crippen LogP contribution in [-0.4, -0.2) is 72.5 Å². The van der Waals surface area contributed by atoms with Crippen LogP contribution in [0.5, 0.6) is 11.5 Å². The molecule has 43 heavy (non-hydrogen) atoms. The summed E-state index contributed by atoms with van der Waals surface area (Å²) in [6.07, 6.45) is 1.22. The Morgan fingerprint density at radius 3 is 2.53 bits per heavy atom. The van der Waals surface area contributed by atoms with Crippen molar-refractivity contribution in [3.63, 3.8) is 0 Å². The van der Waals surface area contributed by atoms with Gasteiger partial charge in [0.1, 0.15) is 17.7 Å². The van der Waals surface area contributed by atoms with Crippen LogP contribution in [0.3, 0.4) is 0 Å². The smallest absolute Gasteiger partial charge is 0.271 e. The molecular weight excluding hydrogens is 592 g/mol. The van der Waals surface area contributed by atoms with Crippen LogP contribution in [0.1, 0.15) is 29.5 Å². The number of nitrogens with one attached hydrogen (secondary N) is 2. The molecule has 3 aromatic rings. The summed E-state index contributed by atoms with van der Waals surface area (Å²) in [5, 5.41) is 6.98. The third-order valence-electron chi connectivity index (χ3n) is 8.52. The molecule has 0 aromatic heterocycles. The number of likely N-dealkylation sites (tertiary alicyclic amines) is 1. The Bertz CT molecular complexity index is 1630. The number of methoxy groups -OCH3 is 2. The quantitative estimate of drug-likeness (QED) is 0.369. The normalized spacial score (nSPS) is 24.0. The highest BCUT2D eigenvalue weighted by Crippen LogP contribution is 2.55. The summed E-state index contributed by atoms with van der Waals surface area (Å²) in [4.78, 5) is 17.4. The van der Waals surface area contributed by atoms with E-state index in [2.05, 4.69) is 15.5 Å². The minimum Gasteiger partial charge on any atom is -0.497 e. The Balaban J connectivity index is 1.64. The van der Waals surface area contributed by atoms with Gasteiger partial charge in [-0.3, -0.25) is 15.0 Å². The molecule has 3 atom stereocenters. The van der Waals surface area contributed by atoms with E-state index in [1.54, 1.807) is 37.4 Å². The van der Waals surface area contributed by atoms with Crippen molar-refractivity contribution in [2.75, 3.05) is 45.3 Å². The van der Waals surface area contributed by atoms with Crippen LogP contribution >= 0.6 is 11.6 Å². The Morgan fingerprint density at radius 2 is 1.86 bits per heavy atom. The maximum Gasteiger partial charge on any atom is 0.271 e. The zero-order valence-corrected chi connectivity index (χ0v) is 25.9. The summed E-state index contributed by atoms with van der Waals surface area (Å²) < 4.78 is 47.0. The van der Waals surface area contributed by atoms with Gasteiger partial charge in [0.15, 0.2) is 5.54 Å². The predicted octanol–water partition coefficient (Wildman–Crippen LogP) is 3.47. The lowest BCUT2D eigenvalue weighted by Gasteiger charge is -2.43. The molecule has 0 spiro atoms. The number of fused-ring (bicyclic) bond motifs is 1. The van der Waals surface area contributed by atoms with Crippen LogP contribution < -0.4 is 24.4 Å². The summed E-state index contributed by atoms with van der Waals surface area (Å²) in [6.45, 7) is 2.31. The third kappa shape index (κ3) is 4.79. The number of ether oxygens (including phenoxy) is 3. The number of rotatable bonds is 9. The molecule has 0 bridgehead atoms. The molecule has 3 aromatic carbocycles. The Morgan fingerprint density at radius 1 is 1.07 bits per heavy atom. The van der Waals surface area contributed by atoms with Gasteiger partial charge < -0.3 is 19.5 Å². The van der Waals surface area contributed by atoms with Gasteiger partial charge in [0.2, 0.25) is 0 Å². The maximum absolute atomic E-state index is 15.3. The second-order valence-corrected chi connectivity index (χ2v) is 13.1. The Hall–Kier alpha value is -3.19. The SMILES string of the molecule is CNCc1ccc(OC)c([C@]2(N3CCC[C@H]3C3NCCO3)C(=O)N(S(=O)(=O)c3ccc(OC)cc3)c3ccc(Cl)cc32)c1. The van der Waals surface area contributed by atoms with Gasteiger partial charge in [-0.1, -0.05) is 17.7 Å². The molecule has 1 amide bonds. The average molecular weight is 627 g/mol. The van der Waals surface area contributed by atoms with E-state index in [0.29, 0.717) is 53.9 Å². The molecule has 10 nitrogen and oxygen atoms in total. The number of nitrogens with zero attached hydrogens (tertiary/aromatic N) is 2. The van der Waals surface area contributed by atoms with Crippen molar-refractivity contribution < 1.29 is 27.4 Å².